The van der Waals surface area contributed by atoms with Gasteiger partial charge in [0.25, 0.3) is 5.69 Å². The Balaban J connectivity index is 2.97. The molecule has 96 valence electrons. The van der Waals surface area contributed by atoms with Crippen LogP contribution in [0.15, 0.2) is 24.3 Å². The minimum absolute atomic E-state index is 0.0313. The van der Waals surface area contributed by atoms with Gasteiger partial charge in [0.1, 0.15) is 11.7 Å². The van der Waals surface area contributed by atoms with E-state index in [1.807, 2.05) is 0 Å². The fourth-order valence-corrected chi connectivity index (χ4v) is 1.32. The van der Waals surface area contributed by atoms with E-state index in [4.69, 9.17) is 10.2 Å². The lowest BCUT2D eigenvalue weighted by Gasteiger charge is -2.13. The van der Waals surface area contributed by atoms with Gasteiger partial charge < -0.3 is 15.5 Å². The van der Waals surface area contributed by atoms with Crippen LogP contribution in [0.3, 0.4) is 0 Å². The van der Waals surface area contributed by atoms with Crippen LogP contribution in [0.1, 0.15) is 6.42 Å². The fourth-order valence-electron chi connectivity index (χ4n) is 1.32. The Morgan fingerprint density at radius 1 is 1.33 bits per heavy atom. The summed E-state index contributed by atoms with van der Waals surface area (Å²) in [7, 11) is 0. The molecule has 1 rings (SSSR count). The molecule has 0 aliphatic rings. The number of carboxylic acid groups (broad SMARTS) is 2. The number of hydrogen-bond acceptors (Lipinski definition) is 5. The highest BCUT2D eigenvalue weighted by molar-refractivity contribution is 5.84. The Hall–Kier alpha value is -2.64. The molecular weight excluding hydrogens is 244 g/mol. The molecule has 1 atom stereocenters. The molecule has 0 spiro atoms. The third-order valence-corrected chi connectivity index (χ3v) is 2.11. The maximum atomic E-state index is 10.8. The predicted octanol–water partition coefficient (Wildman–Crippen LogP) is 0.935. The summed E-state index contributed by atoms with van der Waals surface area (Å²) in [6.45, 7) is 0. The SMILES string of the molecule is O=C(O)CC(Nc1ccccc1[N+](=O)[O-])C(=O)O. The van der Waals surface area contributed by atoms with Crippen LogP contribution >= 0.6 is 0 Å². The molecule has 0 bridgehead atoms. The molecule has 1 unspecified atom stereocenters. The van der Waals surface area contributed by atoms with Crippen LogP contribution in [0.2, 0.25) is 0 Å². The van der Waals surface area contributed by atoms with Gasteiger partial charge in [-0.05, 0) is 6.07 Å². The van der Waals surface area contributed by atoms with Gasteiger partial charge in [0.2, 0.25) is 0 Å². The topological polar surface area (TPSA) is 130 Å². The molecule has 0 radical (unpaired) electrons. The van der Waals surface area contributed by atoms with E-state index < -0.39 is 29.3 Å². The molecule has 0 aromatic heterocycles. The summed E-state index contributed by atoms with van der Waals surface area (Å²) in [5, 5.41) is 30.4. The van der Waals surface area contributed by atoms with Gasteiger partial charge in [-0.15, -0.1) is 0 Å². The predicted molar refractivity (Wildman–Crippen MR) is 60.4 cm³/mol. The van der Waals surface area contributed by atoms with Crippen LogP contribution in [0.4, 0.5) is 11.4 Å². The van der Waals surface area contributed by atoms with E-state index in [0.717, 1.165) is 0 Å². The third kappa shape index (κ3) is 3.44. The second-order valence-corrected chi connectivity index (χ2v) is 3.41. The van der Waals surface area contributed by atoms with Crippen molar-refractivity contribution >= 4 is 23.3 Å². The Labute approximate surface area is 101 Å². The first kappa shape index (κ1) is 13.4. The van der Waals surface area contributed by atoms with Gasteiger partial charge in [0.15, 0.2) is 0 Å². The highest BCUT2D eigenvalue weighted by Gasteiger charge is 2.23. The summed E-state index contributed by atoms with van der Waals surface area (Å²) in [6, 6.07) is 3.99. The average Bonchev–Trinajstić information content (AvgIpc) is 2.27. The summed E-state index contributed by atoms with van der Waals surface area (Å²) >= 11 is 0. The molecule has 8 nitrogen and oxygen atoms in total. The normalized spacial score (nSPS) is 11.6. The van der Waals surface area contributed by atoms with Crippen molar-refractivity contribution in [3.8, 4) is 0 Å². The van der Waals surface area contributed by atoms with Gasteiger partial charge in [-0.3, -0.25) is 14.9 Å². The van der Waals surface area contributed by atoms with Gasteiger partial charge in [0.05, 0.1) is 11.3 Å². The van der Waals surface area contributed by atoms with E-state index >= 15 is 0 Å². The van der Waals surface area contributed by atoms with Gasteiger partial charge in [0, 0.05) is 6.07 Å². The summed E-state index contributed by atoms with van der Waals surface area (Å²) in [5.74, 6) is -2.70. The highest BCUT2D eigenvalue weighted by atomic mass is 16.6. The van der Waals surface area contributed by atoms with Crippen molar-refractivity contribution in [1.29, 1.82) is 0 Å². The number of anilines is 1. The van der Waals surface area contributed by atoms with E-state index in [0.29, 0.717) is 0 Å². The molecule has 0 amide bonds. The van der Waals surface area contributed by atoms with Crippen LogP contribution in [0.5, 0.6) is 0 Å². The molecule has 0 aliphatic heterocycles. The van der Waals surface area contributed by atoms with Crippen molar-refractivity contribution in [2.24, 2.45) is 0 Å². The Bertz CT molecular complexity index is 487. The molecule has 0 fully saturated rings. The molecule has 1 aromatic carbocycles. The number of benzene rings is 1. The molecule has 0 heterocycles. The quantitative estimate of drug-likeness (QED) is 0.508. The standard InChI is InChI=1S/C10H10N2O6/c13-9(14)5-7(10(15)16)11-6-3-1-2-4-8(6)12(17)18/h1-4,7,11H,5H2,(H,13,14)(H,15,16). The number of nitrogens with one attached hydrogen (secondary N) is 1. The van der Waals surface area contributed by atoms with E-state index in [9.17, 15) is 19.7 Å². The number of aliphatic carboxylic acids is 2. The molecule has 3 N–H and O–H groups in total. The number of hydrogen-bond donors (Lipinski definition) is 3. The zero-order chi connectivity index (χ0) is 13.7. The Morgan fingerprint density at radius 3 is 2.44 bits per heavy atom. The Morgan fingerprint density at radius 2 is 1.94 bits per heavy atom. The second-order valence-electron chi connectivity index (χ2n) is 3.41. The molecule has 0 saturated heterocycles. The smallest absolute Gasteiger partial charge is 0.326 e. The van der Waals surface area contributed by atoms with E-state index in [1.54, 1.807) is 0 Å². The summed E-state index contributed by atoms with van der Waals surface area (Å²) < 4.78 is 0. The number of carboxylic acids is 2. The lowest BCUT2D eigenvalue weighted by atomic mass is 10.2. The summed E-state index contributed by atoms with van der Waals surface area (Å²) in [6.07, 6.45) is -0.679. The molecular formula is C10H10N2O6. The second kappa shape index (κ2) is 5.62. The fraction of sp³-hybridized carbons (Fsp3) is 0.200. The van der Waals surface area contributed by atoms with Crippen LogP contribution in [-0.4, -0.2) is 33.1 Å². The minimum Gasteiger partial charge on any atom is -0.481 e. The van der Waals surface area contributed by atoms with E-state index in [-0.39, 0.29) is 11.4 Å². The first-order valence-electron chi connectivity index (χ1n) is 4.86. The maximum Gasteiger partial charge on any atom is 0.326 e. The van der Waals surface area contributed by atoms with E-state index in [1.165, 1.54) is 24.3 Å². The summed E-state index contributed by atoms with van der Waals surface area (Å²) in [5.41, 5.74) is -0.342. The highest BCUT2D eigenvalue weighted by Crippen LogP contribution is 2.24. The van der Waals surface area contributed by atoms with Gasteiger partial charge >= 0.3 is 11.9 Å². The van der Waals surface area contributed by atoms with E-state index in [2.05, 4.69) is 5.32 Å². The van der Waals surface area contributed by atoms with Gasteiger partial charge in [-0.1, -0.05) is 12.1 Å². The van der Waals surface area contributed by atoms with Crippen molar-refractivity contribution in [2.75, 3.05) is 5.32 Å². The zero-order valence-electron chi connectivity index (χ0n) is 9.07. The molecule has 18 heavy (non-hydrogen) atoms. The monoisotopic (exact) mass is 254 g/mol. The molecule has 8 heteroatoms. The average molecular weight is 254 g/mol. The van der Waals surface area contributed by atoms with Crippen LogP contribution in [-0.2, 0) is 9.59 Å². The van der Waals surface area contributed by atoms with Crippen LogP contribution < -0.4 is 5.32 Å². The molecule has 0 aliphatic carbocycles. The van der Waals surface area contributed by atoms with Gasteiger partial charge in [-0.25, -0.2) is 4.79 Å². The van der Waals surface area contributed by atoms with Crippen molar-refractivity contribution in [2.45, 2.75) is 12.5 Å². The number of carbonyl (C=O) groups is 2. The number of nitrogens with zero attached hydrogens (tertiary/aromatic N) is 1. The summed E-state index contributed by atoms with van der Waals surface area (Å²) in [4.78, 5) is 31.3. The third-order valence-electron chi connectivity index (χ3n) is 2.11. The molecule has 0 saturated carbocycles. The number of nitro groups is 1. The van der Waals surface area contributed by atoms with Crippen molar-refractivity contribution in [1.82, 2.24) is 0 Å². The first-order chi connectivity index (χ1) is 8.41. The van der Waals surface area contributed by atoms with Crippen LogP contribution in [0, 0.1) is 10.1 Å². The maximum absolute atomic E-state index is 10.8. The Kier molecular flexibility index (Phi) is 4.19. The molecule has 1 aromatic rings. The number of para-hydroxylation sites is 2. The largest absolute Gasteiger partial charge is 0.481 e. The van der Waals surface area contributed by atoms with Crippen molar-refractivity contribution < 1.29 is 24.7 Å². The zero-order valence-corrected chi connectivity index (χ0v) is 9.07. The first-order valence-corrected chi connectivity index (χ1v) is 4.86. The van der Waals surface area contributed by atoms with Gasteiger partial charge in [-0.2, -0.15) is 0 Å². The van der Waals surface area contributed by atoms with Crippen molar-refractivity contribution in [3.63, 3.8) is 0 Å². The number of rotatable bonds is 6. The van der Waals surface area contributed by atoms with Crippen molar-refractivity contribution in [3.05, 3.63) is 34.4 Å². The number of nitro benzene ring substituents is 1. The van der Waals surface area contributed by atoms with Crippen LogP contribution in [0.25, 0.3) is 0 Å². The lowest BCUT2D eigenvalue weighted by Crippen LogP contribution is -2.31. The lowest BCUT2D eigenvalue weighted by molar-refractivity contribution is -0.384. The minimum atomic E-state index is -1.43.